The molecule has 0 spiro atoms. The van der Waals surface area contributed by atoms with Crippen LogP contribution < -0.4 is 0 Å². The van der Waals surface area contributed by atoms with Crippen molar-refractivity contribution in [3.8, 4) is 0 Å². The van der Waals surface area contributed by atoms with Crippen molar-refractivity contribution in [1.82, 2.24) is 4.31 Å². The molecule has 2 unspecified atom stereocenters. The second-order valence-electron chi connectivity index (χ2n) is 6.76. The number of ether oxygens (including phenoxy) is 1. The summed E-state index contributed by atoms with van der Waals surface area (Å²) < 4.78 is 57.1. The Morgan fingerprint density at radius 1 is 1.20 bits per heavy atom. The Kier molecular flexibility index (Phi) is 5.53. The van der Waals surface area contributed by atoms with Gasteiger partial charge in [-0.3, -0.25) is 0 Å². The fourth-order valence-corrected chi connectivity index (χ4v) is 6.98. The van der Waals surface area contributed by atoms with Gasteiger partial charge in [0.25, 0.3) is 0 Å². The van der Waals surface area contributed by atoms with E-state index in [4.69, 9.17) is 4.74 Å². The fraction of sp³-hybridized carbons (Fsp3) is 0.647. The summed E-state index contributed by atoms with van der Waals surface area (Å²) in [6.07, 6.45) is 2.74. The van der Waals surface area contributed by atoms with E-state index in [1.807, 2.05) is 19.1 Å². The van der Waals surface area contributed by atoms with Crippen molar-refractivity contribution in [2.24, 2.45) is 0 Å². The molecule has 1 aromatic rings. The van der Waals surface area contributed by atoms with Gasteiger partial charge in [-0.15, -0.1) is 0 Å². The Hall–Kier alpha value is -0.960. The minimum atomic E-state index is -3.76. The lowest BCUT2D eigenvalue weighted by atomic mass is 10.2. The maximum atomic E-state index is 13.2. The smallest absolute Gasteiger partial charge is 0.243 e. The van der Waals surface area contributed by atoms with Crippen molar-refractivity contribution in [2.45, 2.75) is 49.6 Å². The first-order chi connectivity index (χ1) is 11.8. The van der Waals surface area contributed by atoms with Crippen LogP contribution in [-0.2, 0) is 31.0 Å². The quantitative estimate of drug-likeness (QED) is 0.741. The van der Waals surface area contributed by atoms with Gasteiger partial charge in [0.15, 0.2) is 9.84 Å². The number of nitrogens with zero attached hydrogens (tertiary/aromatic N) is 1. The highest BCUT2D eigenvalue weighted by Gasteiger charge is 2.40. The number of rotatable bonds is 6. The van der Waals surface area contributed by atoms with Gasteiger partial charge in [0.05, 0.1) is 22.5 Å². The zero-order valence-corrected chi connectivity index (χ0v) is 16.1. The van der Waals surface area contributed by atoms with Crippen LogP contribution in [0.15, 0.2) is 29.2 Å². The molecule has 0 N–H and O–H groups in total. The van der Waals surface area contributed by atoms with E-state index in [2.05, 4.69) is 0 Å². The highest BCUT2D eigenvalue weighted by molar-refractivity contribution is 7.92. The Morgan fingerprint density at radius 2 is 1.92 bits per heavy atom. The molecule has 1 aromatic carbocycles. The number of sulfonamides is 1. The van der Waals surface area contributed by atoms with Crippen LogP contribution in [0.25, 0.3) is 0 Å². The SMILES string of the molecule is CCc1ccc(S(=O)(=O)N(CC2CCCO2)C2CCS(=O)(=O)C2)cc1. The normalized spacial score (nSPS) is 26.3. The summed E-state index contributed by atoms with van der Waals surface area (Å²) in [4.78, 5) is 0.215. The maximum Gasteiger partial charge on any atom is 0.243 e. The Bertz CT molecular complexity index is 796. The topological polar surface area (TPSA) is 80.8 Å². The molecule has 0 aromatic heterocycles. The van der Waals surface area contributed by atoms with Crippen LogP contribution in [0, 0.1) is 0 Å². The molecule has 2 saturated heterocycles. The molecule has 6 nitrogen and oxygen atoms in total. The monoisotopic (exact) mass is 387 g/mol. The lowest BCUT2D eigenvalue weighted by Gasteiger charge is -2.29. The van der Waals surface area contributed by atoms with E-state index >= 15 is 0 Å². The Morgan fingerprint density at radius 3 is 2.44 bits per heavy atom. The molecule has 0 saturated carbocycles. The summed E-state index contributed by atoms with van der Waals surface area (Å²) >= 11 is 0. The minimum Gasteiger partial charge on any atom is -0.377 e. The van der Waals surface area contributed by atoms with Crippen LogP contribution in [0.4, 0.5) is 0 Å². The summed E-state index contributed by atoms with van der Waals surface area (Å²) in [5.74, 6) is -0.0595. The second kappa shape index (κ2) is 7.34. The van der Waals surface area contributed by atoms with E-state index in [1.54, 1.807) is 12.1 Å². The molecule has 0 radical (unpaired) electrons. The van der Waals surface area contributed by atoms with Crippen LogP contribution in [0.2, 0.25) is 0 Å². The van der Waals surface area contributed by atoms with E-state index < -0.39 is 25.9 Å². The molecule has 0 bridgehead atoms. The highest BCUT2D eigenvalue weighted by Crippen LogP contribution is 2.27. The van der Waals surface area contributed by atoms with Crippen LogP contribution >= 0.6 is 0 Å². The van der Waals surface area contributed by atoms with Gasteiger partial charge >= 0.3 is 0 Å². The van der Waals surface area contributed by atoms with Crippen molar-refractivity contribution in [2.75, 3.05) is 24.7 Å². The molecule has 2 aliphatic heterocycles. The molecule has 2 atom stereocenters. The molecular weight excluding hydrogens is 362 g/mol. The van der Waals surface area contributed by atoms with Gasteiger partial charge in [0.1, 0.15) is 0 Å². The summed E-state index contributed by atoms with van der Waals surface area (Å²) in [5, 5.41) is 0. The van der Waals surface area contributed by atoms with Crippen LogP contribution in [-0.4, -0.2) is 57.9 Å². The van der Waals surface area contributed by atoms with Gasteiger partial charge in [0, 0.05) is 19.2 Å². The second-order valence-corrected chi connectivity index (χ2v) is 10.9. The molecule has 25 heavy (non-hydrogen) atoms. The van der Waals surface area contributed by atoms with Crippen molar-refractivity contribution in [3.05, 3.63) is 29.8 Å². The molecule has 8 heteroatoms. The Balaban J connectivity index is 1.90. The van der Waals surface area contributed by atoms with Gasteiger partial charge in [-0.2, -0.15) is 4.31 Å². The summed E-state index contributed by atoms with van der Waals surface area (Å²) in [6.45, 7) is 2.86. The number of benzene rings is 1. The summed E-state index contributed by atoms with van der Waals surface area (Å²) in [6, 6.07) is 6.33. The third kappa shape index (κ3) is 4.24. The van der Waals surface area contributed by atoms with Gasteiger partial charge in [-0.05, 0) is 43.4 Å². The molecular formula is C17H25NO5S2. The molecule has 0 aliphatic carbocycles. The van der Waals surface area contributed by atoms with Crippen LogP contribution in [0.1, 0.15) is 31.7 Å². The molecule has 0 amide bonds. The first-order valence-corrected chi connectivity index (χ1v) is 12.0. The summed E-state index contributed by atoms with van der Waals surface area (Å²) in [7, 11) is -6.93. The molecule has 140 valence electrons. The van der Waals surface area contributed by atoms with E-state index in [-0.39, 0.29) is 29.0 Å². The first kappa shape index (κ1) is 18.8. The van der Waals surface area contributed by atoms with Crippen molar-refractivity contribution in [1.29, 1.82) is 0 Å². The van der Waals surface area contributed by atoms with Crippen LogP contribution in [0.3, 0.4) is 0 Å². The maximum absolute atomic E-state index is 13.2. The van der Waals surface area contributed by atoms with Gasteiger partial charge in [-0.1, -0.05) is 19.1 Å². The van der Waals surface area contributed by atoms with Gasteiger partial charge < -0.3 is 4.74 Å². The fourth-order valence-electron chi connectivity index (χ4n) is 3.47. The average Bonchev–Trinajstić information content (AvgIpc) is 3.21. The van der Waals surface area contributed by atoms with Gasteiger partial charge in [-0.25, -0.2) is 16.8 Å². The van der Waals surface area contributed by atoms with Crippen molar-refractivity contribution >= 4 is 19.9 Å². The highest BCUT2D eigenvalue weighted by atomic mass is 32.2. The number of aryl methyl sites for hydroxylation is 1. The standard InChI is InChI=1S/C17H25NO5S2/c1-2-14-5-7-17(8-6-14)25(21,22)18(12-16-4-3-10-23-16)15-9-11-24(19,20)13-15/h5-8,15-16H,2-4,9-13H2,1H3. The number of sulfone groups is 1. The van der Waals surface area contributed by atoms with Gasteiger partial charge in [0.2, 0.25) is 10.0 Å². The molecule has 2 aliphatic rings. The Labute approximate surface area is 150 Å². The largest absolute Gasteiger partial charge is 0.377 e. The summed E-state index contributed by atoms with van der Waals surface area (Å²) in [5.41, 5.74) is 1.06. The average molecular weight is 388 g/mol. The van der Waals surface area contributed by atoms with Crippen LogP contribution in [0.5, 0.6) is 0 Å². The predicted octanol–water partition coefficient (Wildman–Crippen LogP) is 1.61. The van der Waals surface area contributed by atoms with Crippen molar-refractivity contribution < 1.29 is 21.6 Å². The minimum absolute atomic E-state index is 0.0456. The third-order valence-electron chi connectivity index (χ3n) is 4.96. The van der Waals surface area contributed by atoms with Crippen molar-refractivity contribution in [3.63, 3.8) is 0 Å². The molecule has 3 rings (SSSR count). The number of hydrogen-bond acceptors (Lipinski definition) is 5. The zero-order chi connectivity index (χ0) is 18.1. The van der Waals surface area contributed by atoms with E-state index in [1.165, 1.54) is 4.31 Å². The molecule has 2 heterocycles. The third-order valence-corrected chi connectivity index (χ3v) is 8.64. The first-order valence-electron chi connectivity index (χ1n) is 8.74. The van der Waals surface area contributed by atoms with E-state index in [0.717, 1.165) is 24.8 Å². The van der Waals surface area contributed by atoms with E-state index in [0.29, 0.717) is 13.0 Å². The predicted molar refractivity (Wildman–Crippen MR) is 95.7 cm³/mol. The lowest BCUT2D eigenvalue weighted by Crippen LogP contribution is -2.45. The zero-order valence-electron chi connectivity index (χ0n) is 14.4. The molecule has 2 fully saturated rings. The van der Waals surface area contributed by atoms with E-state index in [9.17, 15) is 16.8 Å². The lowest BCUT2D eigenvalue weighted by molar-refractivity contribution is 0.0877. The number of hydrogen-bond donors (Lipinski definition) is 0.